The van der Waals surface area contributed by atoms with Gasteiger partial charge in [-0.25, -0.2) is 0 Å². The first kappa shape index (κ1) is 13.2. The van der Waals surface area contributed by atoms with Crippen molar-refractivity contribution in [1.29, 1.82) is 0 Å². The van der Waals surface area contributed by atoms with Crippen LogP contribution in [0.25, 0.3) is 0 Å². The molecular formula is C14H17ClO3. The van der Waals surface area contributed by atoms with Gasteiger partial charge in [0, 0.05) is 5.02 Å². The summed E-state index contributed by atoms with van der Waals surface area (Å²) in [5, 5.41) is 9.71. The summed E-state index contributed by atoms with van der Waals surface area (Å²) in [6, 6.07) is 3.75. The number of aliphatic carboxylic acids is 1. The molecule has 1 aromatic rings. The van der Waals surface area contributed by atoms with Gasteiger partial charge in [-0.3, -0.25) is 4.79 Å². The lowest BCUT2D eigenvalue weighted by molar-refractivity contribution is -0.137. The smallest absolute Gasteiger partial charge is 0.303 e. The highest BCUT2D eigenvalue weighted by atomic mass is 35.5. The van der Waals surface area contributed by atoms with Crippen LogP contribution < -0.4 is 4.74 Å². The van der Waals surface area contributed by atoms with Crippen LogP contribution in [0.15, 0.2) is 12.1 Å². The van der Waals surface area contributed by atoms with Crippen LogP contribution in [0.1, 0.15) is 36.3 Å². The van der Waals surface area contributed by atoms with Crippen LogP contribution in [0.4, 0.5) is 0 Å². The van der Waals surface area contributed by atoms with E-state index in [2.05, 4.69) is 0 Å². The fourth-order valence-electron chi connectivity index (χ4n) is 2.37. The van der Waals surface area contributed by atoms with Gasteiger partial charge in [0.2, 0.25) is 0 Å². The third kappa shape index (κ3) is 2.78. The molecule has 1 saturated carbocycles. The first-order chi connectivity index (χ1) is 8.52. The lowest BCUT2D eigenvalue weighted by Crippen LogP contribution is -2.09. The molecule has 2 rings (SSSR count). The van der Waals surface area contributed by atoms with Crippen LogP contribution in [-0.4, -0.2) is 18.2 Å². The third-order valence-electron chi connectivity index (χ3n) is 3.48. The Bertz CT molecular complexity index is 466. The van der Waals surface area contributed by atoms with Gasteiger partial charge in [-0.05, 0) is 54.9 Å². The minimum absolute atomic E-state index is 0.00352. The highest BCUT2D eigenvalue weighted by Gasteiger charge is 2.35. The zero-order valence-electron chi connectivity index (χ0n) is 10.6. The largest absolute Gasteiger partial charge is 0.497 e. The maximum Gasteiger partial charge on any atom is 0.303 e. The Morgan fingerprint density at radius 2 is 2.22 bits per heavy atom. The van der Waals surface area contributed by atoms with Crippen molar-refractivity contribution in [3.63, 3.8) is 0 Å². The molecule has 0 amide bonds. The van der Waals surface area contributed by atoms with Gasteiger partial charge in [0.1, 0.15) is 5.75 Å². The molecule has 0 spiro atoms. The number of hydrogen-bond donors (Lipinski definition) is 1. The summed E-state index contributed by atoms with van der Waals surface area (Å²) in [5.74, 6) is 0.417. The van der Waals surface area contributed by atoms with Gasteiger partial charge in [-0.15, -0.1) is 0 Å². The predicted molar refractivity (Wildman–Crippen MR) is 70.5 cm³/mol. The number of ether oxygens (including phenoxy) is 1. The summed E-state index contributed by atoms with van der Waals surface area (Å²) in [7, 11) is 1.61. The molecule has 1 aliphatic carbocycles. The number of carboxylic acids is 1. The number of rotatable bonds is 5. The minimum Gasteiger partial charge on any atom is -0.497 e. The summed E-state index contributed by atoms with van der Waals surface area (Å²) in [6.07, 6.45) is 2.31. The summed E-state index contributed by atoms with van der Waals surface area (Å²) < 4.78 is 5.24. The molecule has 98 valence electrons. The van der Waals surface area contributed by atoms with Crippen molar-refractivity contribution < 1.29 is 14.6 Å². The maximum absolute atomic E-state index is 11.0. The predicted octanol–water partition coefficient (Wildman–Crippen LogP) is 3.63. The van der Waals surface area contributed by atoms with Crippen LogP contribution in [0.3, 0.4) is 0 Å². The molecule has 0 saturated heterocycles. The SMILES string of the molecule is COc1cc(C)c(Cl)c(C(CC(=O)O)C2CC2)c1. The fraction of sp³-hybridized carbons (Fsp3) is 0.500. The van der Waals surface area contributed by atoms with Crippen molar-refractivity contribution in [3.8, 4) is 5.75 Å². The minimum atomic E-state index is -0.775. The van der Waals surface area contributed by atoms with Crippen molar-refractivity contribution in [2.75, 3.05) is 7.11 Å². The molecule has 18 heavy (non-hydrogen) atoms. The van der Waals surface area contributed by atoms with E-state index >= 15 is 0 Å². The second-order valence-corrected chi connectivity index (χ2v) is 5.27. The molecule has 1 aromatic carbocycles. The molecule has 0 heterocycles. The van der Waals surface area contributed by atoms with Crippen molar-refractivity contribution in [2.24, 2.45) is 5.92 Å². The molecule has 1 fully saturated rings. The Balaban J connectivity index is 2.39. The summed E-state index contributed by atoms with van der Waals surface area (Å²) >= 11 is 6.32. The normalized spacial score (nSPS) is 16.4. The quantitative estimate of drug-likeness (QED) is 0.887. The van der Waals surface area contributed by atoms with E-state index in [1.807, 2.05) is 19.1 Å². The molecule has 0 aromatic heterocycles. The number of halogens is 1. The number of aryl methyl sites for hydroxylation is 1. The van der Waals surface area contributed by atoms with Gasteiger partial charge in [-0.1, -0.05) is 11.6 Å². The average molecular weight is 269 g/mol. The maximum atomic E-state index is 11.0. The van der Waals surface area contributed by atoms with E-state index < -0.39 is 5.97 Å². The van der Waals surface area contributed by atoms with E-state index in [1.165, 1.54) is 0 Å². The number of hydrogen-bond acceptors (Lipinski definition) is 2. The van der Waals surface area contributed by atoms with Gasteiger partial charge >= 0.3 is 5.97 Å². The summed E-state index contributed by atoms with van der Waals surface area (Å²) in [5.41, 5.74) is 1.85. The first-order valence-corrected chi connectivity index (χ1v) is 6.46. The standard InChI is InChI=1S/C14H17ClO3/c1-8-5-10(18-2)6-12(14(8)15)11(7-13(16)17)9-3-4-9/h5-6,9,11H,3-4,7H2,1-2H3,(H,16,17). The number of carbonyl (C=O) groups is 1. The molecular weight excluding hydrogens is 252 g/mol. The molecule has 1 aliphatic rings. The number of methoxy groups -OCH3 is 1. The van der Waals surface area contributed by atoms with Gasteiger partial charge < -0.3 is 9.84 Å². The molecule has 1 N–H and O–H groups in total. The average Bonchev–Trinajstić information content (AvgIpc) is 3.13. The molecule has 4 heteroatoms. The lowest BCUT2D eigenvalue weighted by Gasteiger charge is -2.18. The van der Waals surface area contributed by atoms with Gasteiger partial charge in [0.05, 0.1) is 13.5 Å². The zero-order valence-corrected chi connectivity index (χ0v) is 11.3. The Kier molecular flexibility index (Phi) is 3.81. The van der Waals surface area contributed by atoms with Crippen LogP contribution in [0.5, 0.6) is 5.75 Å². The van der Waals surface area contributed by atoms with Crippen LogP contribution >= 0.6 is 11.6 Å². The highest BCUT2D eigenvalue weighted by Crippen LogP contribution is 2.47. The Hall–Kier alpha value is -1.22. The van der Waals surface area contributed by atoms with E-state index in [9.17, 15) is 4.79 Å². The lowest BCUT2D eigenvalue weighted by atomic mass is 9.89. The van der Waals surface area contributed by atoms with Gasteiger partial charge in [-0.2, -0.15) is 0 Å². The fourth-order valence-corrected chi connectivity index (χ4v) is 2.62. The number of carboxylic acid groups (broad SMARTS) is 1. The third-order valence-corrected chi connectivity index (χ3v) is 3.99. The number of benzene rings is 1. The molecule has 1 unspecified atom stereocenters. The molecule has 0 aliphatic heterocycles. The van der Waals surface area contributed by atoms with Crippen LogP contribution in [-0.2, 0) is 4.79 Å². The molecule has 3 nitrogen and oxygen atoms in total. The van der Waals surface area contributed by atoms with Crippen molar-refractivity contribution in [3.05, 3.63) is 28.3 Å². The molecule has 0 radical (unpaired) electrons. The van der Waals surface area contributed by atoms with E-state index in [-0.39, 0.29) is 12.3 Å². The van der Waals surface area contributed by atoms with Crippen molar-refractivity contribution in [2.45, 2.75) is 32.1 Å². The van der Waals surface area contributed by atoms with E-state index in [0.717, 1.165) is 29.7 Å². The Labute approximate surface area is 112 Å². The Morgan fingerprint density at radius 1 is 1.56 bits per heavy atom. The highest BCUT2D eigenvalue weighted by molar-refractivity contribution is 6.32. The summed E-state index contributed by atoms with van der Waals surface area (Å²) in [6.45, 7) is 1.92. The van der Waals surface area contributed by atoms with Gasteiger partial charge in [0.15, 0.2) is 0 Å². The van der Waals surface area contributed by atoms with E-state index in [0.29, 0.717) is 10.9 Å². The van der Waals surface area contributed by atoms with Crippen molar-refractivity contribution in [1.82, 2.24) is 0 Å². The first-order valence-electron chi connectivity index (χ1n) is 6.08. The van der Waals surface area contributed by atoms with E-state index in [4.69, 9.17) is 21.4 Å². The molecule has 0 bridgehead atoms. The van der Waals surface area contributed by atoms with E-state index in [1.54, 1.807) is 7.11 Å². The Morgan fingerprint density at radius 3 is 2.72 bits per heavy atom. The summed E-state index contributed by atoms with van der Waals surface area (Å²) in [4.78, 5) is 11.0. The van der Waals surface area contributed by atoms with Crippen molar-refractivity contribution >= 4 is 17.6 Å². The monoisotopic (exact) mass is 268 g/mol. The van der Waals surface area contributed by atoms with Crippen LogP contribution in [0, 0.1) is 12.8 Å². The molecule has 1 atom stereocenters. The second-order valence-electron chi connectivity index (χ2n) is 4.89. The topological polar surface area (TPSA) is 46.5 Å². The van der Waals surface area contributed by atoms with Gasteiger partial charge in [0.25, 0.3) is 0 Å². The second kappa shape index (κ2) is 5.19. The van der Waals surface area contributed by atoms with Crippen LogP contribution in [0.2, 0.25) is 5.02 Å². The zero-order chi connectivity index (χ0) is 13.3.